The first-order valence-corrected chi connectivity index (χ1v) is 9.15. The van der Waals surface area contributed by atoms with Gasteiger partial charge in [-0.3, -0.25) is 4.90 Å². The molecule has 1 aromatic carbocycles. The molecule has 1 N–H and O–H groups in total. The van der Waals surface area contributed by atoms with Gasteiger partial charge >= 0.3 is 6.09 Å². The van der Waals surface area contributed by atoms with Crippen LogP contribution in [-0.2, 0) is 22.4 Å². The number of carbonyl (C=O) groups excluding carboxylic acids is 1. The van der Waals surface area contributed by atoms with Crippen molar-refractivity contribution in [2.45, 2.75) is 58.3 Å². The second-order valence-electron chi connectivity index (χ2n) is 7.71. The van der Waals surface area contributed by atoms with Gasteiger partial charge in [0.15, 0.2) is 0 Å². The van der Waals surface area contributed by atoms with Crippen molar-refractivity contribution in [1.82, 2.24) is 10.2 Å². The Morgan fingerprint density at radius 2 is 1.76 bits per heavy atom. The smallest absolute Gasteiger partial charge is 0.407 e. The van der Waals surface area contributed by atoms with Crippen molar-refractivity contribution in [3.05, 3.63) is 35.4 Å². The van der Waals surface area contributed by atoms with E-state index in [2.05, 4.69) is 34.5 Å². The van der Waals surface area contributed by atoms with Gasteiger partial charge in [-0.05, 0) is 51.2 Å². The van der Waals surface area contributed by atoms with Crippen molar-refractivity contribution in [1.29, 1.82) is 0 Å². The molecular formula is C20H32N2O3. The van der Waals surface area contributed by atoms with Gasteiger partial charge in [0, 0.05) is 33.3 Å². The molecule has 0 spiro atoms. The molecule has 0 radical (unpaired) electrons. The summed E-state index contributed by atoms with van der Waals surface area (Å²) in [5, 5.41) is 2.80. The predicted octanol–water partition coefficient (Wildman–Crippen LogP) is 3.36. The van der Waals surface area contributed by atoms with Crippen LogP contribution in [-0.4, -0.2) is 49.4 Å². The Morgan fingerprint density at radius 1 is 1.16 bits per heavy atom. The minimum absolute atomic E-state index is 0.358. The van der Waals surface area contributed by atoms with Crippen molar-refractivity contribution >= 4 is 6.09 Å². The average Bonchev–Trinajstić information content (AvgIpc) is 2.55. The summed E-state index contributed by atoms with van der Waals surface area (Å²) in [5.41, 5.74) is 2.10. The molecule has 0 unspecified atom stereocenters. The Kier molecular flexibility index (Phi) is 7.26. The molecule has 0 aliphatic carbocycles. The Hall–Kier alpha value is -1.59. The van der Waals surface area contributed by atoms with E-state index < -0.39 is 5.60 Å². The van der Waals surface area contributed by atoms with E-state index in [0.717, 1.165) is 38.9 Å². The van der Waals surface area contributed by atoms with E-state index in [0.29, 0.717) is 12.6 Å². The average molecular weight is 348 g/mol. The number of nitrogens with zero attached hydrogens (tertiary/aromatic N) is 1. The number of hydrogen-bond donors (Lipinski definition) is 1. The standard InChI is InChI=1S/C20H32N2O3/c1-20(2,3)25-19(23)21-12-9-16-5-7-17(8-6-16)15-22-13-10-18(24-4)11-14-22/h5-8,18H,9-15H2,1-4H3,(H,21,23). The molecule has 25 heavy (non-hydrogen) atoms. The Labute approximate surface area is 151 Å². The first-order valence-electron chi connectivity index (χ1n) is 9.15. The molecule has 140 valence electrons. The van der Waals surface area contributed by atoms with E-state index in [9.17, 15) is 4.79 Å². The highest BCUT2D eigenvalue weighted by molar-refractivity contribution is 5.67. The van der Waals surface area contributed by atoms with Crippen LogP contribution in [0.4, 0.5) is 4.79 Å². The van der Waals surface area contributed by atoms with Crippen molar-refractivity contribution in [2.24, 2.45) is 0 Å². The molecule has 1 aromatic rings. The van der Waals surface area contributed by atoms with Gasteiger partial charge in [-0.25, -0.2) is 4.79 Å². The van der Waals surface area contributed by atoms with E-state index in [1.54, 1.807) is 7.11 Å². The van der Waals surface area contributed by atoms with Crippen LogP contribution in [0.15, 0.2) is 24.3 Å². The summed E-state index contributed by atoms with van der Waals surface area (Å²) in [7, 11) is 1.80. The lowest BCUT2D eigenvalue weighted by Gasteiger charge is -2.31. The van der Waals surface area contributed by atoms with Gasteiger partial charge in [-0.1, -0.05) is 24.3 Å². The fraction of sp³-hybridized carbons (Fsp3) is 0.650. The van der Waals surface area contributed by atoms with Gasteiger partial charge in [-0.2, -0.15) is 0 Å². The summed E-state index contributed by atoms with van der Waals surface area (Å²) in [6.45, 7) is 9.36. The van der Waals surface area contributed by atoms with Crippen LogP contribution in [0.25, 0.3) is 0 Å². The van der Waals surface area contributed by atoms with Gasteiger partial charge in [-0.15, -0.1) is 0 Å². The SMILES string of the molecule is COC1CCN(Cc2ccc(CCNC(=O)OC(C)(C)C)cc2)CC1. The highest BCUT2D eigenvalue weighted by Crippen LogP contribution is 2.16. The van der Waals surface area contributed by atoms with Gasteiger partial charge in [0.1, 0.15) is 5.60 Å². The fourth-order valence-corrected chi connectivity index (χ4v) is 3.00. The van der Waals surface area contributed by atoms with Crippen LogP contribution in [0.2, 0.25) is 0 Å². The summed E-state index contributed by atoms with van der Waals surface area (Å²) >= 11 is 0. The van der Waals surface area contributed by atoms with E-state index in [4.69, 9.17) is 9.47 Å². The maximum absolute atomic E-state index is 11.6. The Bertz CT molecular complexity index is 529. The van der Waals surface area contributed by atoms with E-state index in [-0.39, 0.29) is 6.09 Å². The van der Waals surface area contributed by atoms with Crippen LogP contribution in [0.3, 0.4) is 0 Å². The second kappa shape index (κ2) is 9.20. The van der Waals surface area contributed by atoms with E-state index in [1.165, 1.54) is 11.1 Å². The highest BCUT2D eigenvalue weighted by atomic mass is 16.6. The zero-order chi connectivity index (χ0) is 18.3. The summed E-state index contributed by atoms with van der Waals surface area (Å²) in [5.74, 6) is 0. The molecule has 0 bridgehead atoms. The molecule has 0 saturated carbocycles. The van der Waals surface area contributed by atoms with Crippen molar-refractivity contribution in [3.8, 4) is 0 Å². The molecule has 5 heteroatoms. The Balaban J connectivity index is 1.70. The zero-order valence-corrected chi connectivity index (χ0v) is 16.0. The Morgan fingerprint density at radius 3 is 2.32 bits per heavy atom. The number of ether oxygens (including phenoxy) is 2. The maximum Gasteiger partial charge on any atom is 0.407 e. The third-order valence-corrected chi connectivity index (χ3v) is 4.38. The lowest BCUT2D eigenvalue weighted by molar-refractivity contribution is 0.0388. The van der Waals surface area contributed by atoms with Crippen LogP contribution >= 0.6 is 0 Å². The predicted molar refractivity (Wildman–Crippen MR) is 99.7 cm³/mol. The van der Waals surface area contributed by atoms with Gasteiger partial charge in [0.25, 0.3) is 0 Å². The number of methoxy groups -OCH3 is 1. The van der Waals surface area contributed by atoms with Crippen molar-refractivity contribution in [3.63, 3.8) is 0 Å². The minimum atomic E-state index is -0.455. The number of alkyl carbamates (subject to hydrolysis) is 1. The summed E-state index contributed by atoms with van der Waals surface area (Å²) in [4.78, 5) is 14.1. The number of benzene rings is 1. The molecule has 1 aliphatic rings. The normalized spacial score (nSPS) is 16.6. The van der Waals surface area contributed by atoms with Crippen molar-refractivity contribution < 1.29 is 14.3 Å². The number of rotatable bonds is 6. The molecule has 1 fully saturated rings. The molecule has 1 saturated heterocycles. The minimum Gasteiger partial charge on any atom is -0.444 e. The van der Waals surface area contributed by atoms with Crippen LogP contribution in [0, 0.1) is 0 Å². The first-order chi connectivity index (χ1) is 11.9. The molecule has 1 amide bonds. The number of likely N-dealkylation sites (tertiary alicyclic amines) is 1. The second-order valence-corrected chi connectivity index (χ2v) is 7.71. The van der Waals surface area contributed by atoms with Gasteiger partial charge in [0.05, 0.1) is 6.10 Å². The topological polar surface area (TPSA) is 50.8 Å². The maximum atomic E-state index is 11.6. The van der Waals surface area contributed by atoms with Gasteiger partial charge in [0.2, 0.25) is 0 Å². The highest BCUT2D eigenvalue weighted by Gasteiger charge is 2.18. The molecule has 0 atom stereocenters. The number of piperidine rings is 1. The van der Waals surface area contributed by atoms with E-state index >= 15 is 0 Å². The fourth-order valence-electron chi connectivity index (χ4n) is 3.00. The lowest BCUT2D eigenvalue weighted by atomic mass is 10.1. The largest absolute Gasteiger partial charge is 0.444 e. The molecule has 1 aliphatic heterocycles. The number of carbonyl (C=O) groups is 1. The van der Waals surface area contributed by atoms with Gasteiger partial charge < -0.3 is 14.8 Å². The van der Waals surface area contributed by atoms with Crippen molar-refractivity contribution in [2.75, 3.05) is 26.7 Å². The number of nitrogens with one attached hydrogen (secondary N) is 1. The van der Waals surface area contributed by atoms with E-state index in [1.807, 2.05) is 20.8 Å². The van der Waals surface area contributed by atoms with Crippen LogP contribution in [0.5, 0.6) is 0 Å². The first kappa shape index (κ1) is 19.7. The quantitative estimate of drug-likeness (QED) is 0.856. The number of amides is 1. The monoisotopic (exact) mass is 348 g/mol. The molecule has 5 nitrogen and oxygen atoms in total. The van der Waals surface area contributed by atoms with Crippen LogP contribution < -0.4 is 5.32 Å². The van der Waals surface area contributed by atoms with Crippen LogP contribution in [0.1, 0.15) is 44.7 Å². The summed E-state index contributed by atoms with van der Waals surface area (Å²) in [6, 6.07) is 8.67. The summed E-state index contributed by atoms with van der Waals surface area (Å²) < 4.78 is 10.7. The number of hydrogen-bond acceptors (Lipinski definition) is 4. The molecule has 0 aromatic heterocycles. The molecule has 2 rings (SSSR count). The molecule has 1 heterocycles. The molecular weight excluding hydrogens is 316 g/mol. The third kappa shape index (κ3) is 7.45. The zero-order valence-electron chi connectivity index (χ0n) is 16.0. The summed E-state index contributed by atoms with van der Waals surface area (Å²) in [6.07, 6.45) is 3.11. The third-order valence-electron chi connectivity index (χ3n) is 4.38. The lowest BCUT2D eigenvalue weighted by Crippen LogP contribution is -2.36.